The number of nitrogens with two attached hydrogens (primary N) is 1. The van der Waals surface area contributed by atoms with Gasteiger partial charge in [0.25, 0.3) is 0 Å². The van der Waals surface area contributed by atoms with E-state index >= 15 is 0 Å². The average molecular weight is 316 g/mol. The van der Waals surface area contributed by atoms with Crippen LogP contribution in [0.1, 0.15) is 12.0 Å². The van der Waals surface area contributed by atoms with Crippen molar-refractivity contribution in [3.05, 3.63) is 35.9 Å². The van der Waals surface area contributed by atoms with Gasteiger partial charge in [-0.2, -0.15) is 0 Å². The highest BCUT2D eigenvalue weighted by Gasteiger charge is 2.22. The van der Waals surface area contributed by atoms with Crippen molar-refractivity contribution in [1.82, 2.24) is 0 Å². The van der Waals surface area contributed by atoms with Crippen LogP contribution in [0.3, 0.4) is 0 Å². The van der Waals surface area contributed by atoms with Crippen molar-refractivity contribution >= 4 is 19.3 Å². The molecule has 0 amide bonds. The molecule has 1 aromatic rings. The fourth-order valence-electron chi connectivity index (χ4n) is 1.48. The van der Waals surface area contributed by atoms with Crippen LogP contribution >= 0.6 is 7.60 Å². The molecule has 0 heterocycles. The second-order valence-corrected chi connectivity index (χ2v) is 6.03. The molecule has 1 rings (SSSR count). The van der Waals surface area contributed by atoms with E-state index in [1.54, 1.807) is 24.3 Å². The molecule has 0 aliphatic carbocycles. The Balaban J connectivity index is 2.68. The molecule has 0 bridgehead atoms. The second-order valence-electron chi connectivity index (χ2n) is 4.39. The summed E-state index contributed by atoms with van der Waals surface area (Å²) in [5, 5.41) is 12.3. The van der Waals surface area contributed by atoms with E-state index in [0.717, 1.165) is 5.56 Å². The van der Waals surface area contributed by atoms with Crippen LogP contribution in [-0.2, 0) is 20.8 Å². The lowest BCUT2D eigenvalue weighted by atomic mass is 10.1. The minimum absolute atomic E-state index is 0.0887. The first-order chi connectivity index (χ1) is 9.78. The third kappa shape index (κ3) is 7.57. The minimum atomic E-state index is -4.38. The molecule has 1 atom stereocenters. The molecule has 0 aliphatic heterocycles. The van der Waals surface area contributed by atoms with Gasteiger partial charge in [0.15, 0.2) is 0 Å². The summed E-state index contributed by atoms with van der Waals surface area (Å²) >= 11 is 0. The van der Waals surface area contributed by atoms with Gasteiger partial charge in [0.05, 0.1) is 11.9 Å². The van der Waals surface area contributed by atoms with Crippen LogP contribution in [0, 0.1) is 0 Å². The molecule has 0 aliphatic rings. The SMILES string of the molecule is NC(C/C(CP(=O)(O)O)=N/OCc1ccccc1)C(=O)O. The van der Waals surface area contributed by atoms with Crippen LogP contribution in [0.5, 0.6) is 0 Å². The Hall–Kier alpha value is -1.73. The average Bonchev–Trinajstić information content (AvgIpc) is 2.37. The molecule has 1 aromatic carbocycles. The largest absolute Gasteiger partial charge is 0.480 e. The third-order valence-electron chi connectivity index (χ3n) is 2.43. The molecule has 8 nitrogen and oxygen atoms in total. The fourth-order valence-corrected chi connectivity index (χ4v) is 2.14. The second kappa shape index (κ2) is 7.90. The highest BCUT2D eigenvalue weighted by molar-refractivity contribution is 7.52. The van der Waals surface area contributed by atoms with E-state index in [-0.39, 0.29) is 18.7 Å². The molecule has 116 valence electrons. The molecule has 0 spiro atoms. The van der Waals surface area contributed by atoms with Crippen molar-refractivity contribution in [2.45, 2.75) is 19.1 Å². The van der Waals surface area contributed by atoms with Crippen LogP contribution in [0.4, 0.5) is 0 Å². The minimum Gasteiger partial charge on any atom is -0.480 e. The quantitative estimate of drug-likeness (QED) is 0.311. The van der Waals surface area contributed by atoms with Crippen molar-refractivity contribution in [2.24, 2.45) is 10.9 Å². The normalized spacial score (nSPS) is 13.8. The first-order valence-corrected chi connectivity index (χ1v) is 7.82. The lowest BCUT2D eigenvalue weighted by molar-refractivity contribution is -0.138. The molecule has 0 fully saturated rings. The molecule has 0 aromatic heterocycles. The number of nitrogens with zero attached hydrogens (tertiary/aromatic N) is 1. The van der Waals surface area contributed by atoms with Gasteiger partial charge in [0, 0.05) is 6.42 Å². The molecule has 0 saturated carbocycles. The maximum atomic E-state index is 11.0. The molecule has 0 saturated heterocycles. The third-order valence-corrected chi connectivity index (χ3v) is 3.21. The van der Waals surface area contributed by atoms with Crippen LogP contribution < -0.4 is 5.73 Å². The summed E-state index contributed by atoms with van der Waals surface area (Å²) in [6.45, 7) is 0.105. The zero-order chi connectivity index (χ0) is 15.9. The van der Waals surface area contributed by atoms with Crippen LogP contribution in [-0.4, -0.2) is 38.8 Å². The van der Waals surface area contributed by atoms with Gasteiger partial charge >= 0.3 is 13.6 Å². The summed E-state index contributed by atoms with van der Waals surface area (Å²) in [6, 6.07) is 7.73. The number of benzene rings is 1. The highest BCUT2D eigenvalue weighted by atomic mass is 31.2. The number of hydrogen-bond acceptors (Lipinski definition) is 5. The number of carboxylic acids is 1. The van der Waals surface area contributed by atoms with Gasteiger partial charge in [-0.1, -0.05) is 35.5 Å². The number of oxime groups is 1. The van der Waals surface area contributed by atoms with Crippen LogP contribution in [0.25, 0.3) is 0 Å². The zero-order valence-electron chi connectivity index (χ0n) is 11.1. The smallest absolute Gasteiger partial charge is 0.331 e. The van der Waals surface area contributed by atoms with Gasteiger partial charge in [-0.3, -0.25) is 9.36 Å². The van der Waals surface area contributed by atoms with Crippen molar-refractivity contribution in [1.29, 1.82) is 0 Å². The van der Waals surface area contributed by atoms with Crippen LogP contribution in [0.15, 0.2) is 35.5 Å². The molecular formula is C12H17N2O6P. The summed E-state index contributed by atoms with van der Waals surface area (Å²) in [5.41, 5.74) is 6.06. The number of hydrogen-bond donors (Lipinski definition) is 4. The Kier molecular flexibility index (Phi) is 6.51. The van der Waals surface area contributed by atoms with E-state index < -0.39 is 25.8 Å². The number of carbonyl (C=O) groups is 1. The molecule has 0 radical (unpaired) electrons. The van der Waals surface area contributed by atoms with Crippen molar-refractivity contribution in [3.63, 3.8) is 0 Å². The maximum absolute atomic E-state index is 11.0. The monoisotopic (exact) mass is 316 g/mol. The van der Waals surface area contributed by atoms with E-state index in [1.165, 1.54) is 0 Å². The number of aliphatic carboxylic acids is 1. The lowest BCUT2D eigenvalue weighted by Crippen LogP contribution is -2.33. The molecule has 5 N–H and O–H groups in total. The van der Waals surface area contributed by atoms with Crippen molar-refractivity contribution in [3.8, 4) is 0 Å². The highest BCUT2D eigenvalue weighted by Crippen LogP contribution is 2.34. The molecule has 9 heteroatoms. The predicted octanol–water partition coefficient (Wildman–Crippen LogP) is 0.539. The van der Waals surface area contributed by atoms with E-state index in [4.69, 9.17) is 25.5 Å². The zero-order valence-corrected chi connectivity index (χ0v) is 12.0. The van der Waals surface area contributed by atoms with E-state index in [2.05, 4.69) is 5.16 Å². The van der Waals surface area contributed by atoms with Gasteiger partial charge < -0.3 is 25.5 Å². The first-order valence-electron chi connectivity index (χ1n) is 6.02. The molecule has 21 heavy (non-hydrogen) atoms. The predicted molar refractivity (Wildman–Crippen MR) is 75.8 cm³/mol. The summed E-state index contributed by atoms with van der Waals surface area (Å²) in [6.07, 6.45) is -0.988. The Morgan fingerprint density at radius 1 is 1.33 bits per heavy atom. The number of carboxylic acid groups (broad SMARTS) is 1. The summed E-state index contributed by atoms with van der Waals surface area (Å²) < 4.78 is 11.0. The Labute approximate surface area is 121 Å². The van der Waals surface area contributed by atoms with Gasteiger partial charge in [0.2, 0.25) is 0 Å². The number of rotatable bonds is 8. The Morgan fingerprint density at radius 2 is 1.95 bits per heavy atom. The first kappa shape index (κ1) is 17.3. The Morgan fingerprint density at radius 3 is 2.48 bits per heavy atom. The van der Waals surface area contributed by atoms with Crippen molar-refractivity contribution in [2.75, 3.05) is 6.16 Å². The lowest BCUT2D eigenvalue weighted by Gasteiger charge is -2.10. The summed E-state index contributed by atoms with van der Waals surface area (Å²) in [5.74, 6) is -1.28. The van der Waals surface area contributed by atoms with Gasteiger partial charge in [-0.15, -0.1) is 0 Å². The van der Waals surface area contributed by atoms with Gasteiger partial charge in [0.1, 0.15) is 12.6 Å². The van der Waals surface area contributed by atoms with Gasteiger partial charge in [-0.25, -0.2) is 0 Å². The van der Waals surface area contributed by atoms with E-state index in [1.807, 2.05) is 6.07 Å². The fraction of sp³-hybridized carbons (Fsp3) is 0.333. The molecule has 1 unspecified atom stereocenters. The van der Waals surface area contributed by atoms with Crippen molar-refractivity contribution < 1.29 is 29.1 Å². The summed E-state index contributed by atoms with van der Waals surface area (Å²) in [4.78, 5) is 33.6. The maximum Gasteiger partial charge on any atom is 0.331 e. The summed E-state index contributed by atoms with van der Waals surface area (Å²) in [7, 11) is -4.38. The standard InChI is InChI=1S/C12H17N2O6P/c13-11(12(15)16)6-10(8-21(17,18)19)14-20-7-9-4-2-1-3-5-9/h1-5,11H,6-8,13H2,(H,15,16)(H2,17,18,19)/b14-10-. The Bertz CT molecular complexity index is 542. The van der Waals surface area contributed by atoms with E-state index in [9.17, 15) is 9.36 Å². The topological polar surface area (TPSA) is 142 Å². The van der Waals surface area contributed by atoms with Gasteiger partial charge in [-0.05, 0) is 5.56 Å². The molecular weight excluding hydrogens is 299 g/mol. The van der Waals surface area contributed by atoms with Crippen LogP contribution in [0.2, 0.25) is 0 Å². The van der Waals surface area contributed by atoms with E-state index in [0.29, 0.717) is 0 Å².